The highest BCUT2D eigenvalue weighted by molar-refractivity contribution is 7.17. The third kappa shape index (κ3) is 0.913. The molecule has 5 nitrogen and oxygen atoms in total. The zero-order valence-electron chi connectivity index (χ0n) is 7.24. The first-order chi connectivity index (χ1) is 6.75. The van der Waals surface area contributed by atoms with Gasteiger partial charge in [0, 0.05) is 10.6 Å². The number of hydrogen-bond acceptors (Lipinski definition) is 4. The van der Waals surface area contributed by atoms with Gasteiger partial charge in [-0.3, -0.25) is 4.98 Å². The summed E-state index contributed by atoms with van der Waals surface area (Å²) in [6, 6.07) is 0. The Balaban J connectivity index is 2.56. The predicted molar refractivity (Wildman–Crippen MR) is 52.0 cm³/mol. The standard InChI is InChI=1S/C8H7N3O2S/c12-6-9-7(13)11-4-2-1-3-5(4)14-8(11)10-6/h1-3H2,(H,9,12,13). The fraction of sp³-hybridized carbons (Fsp3) is 0.375. The molecular weight excluding hydrogens is 202 g/mol. The Morgan fingerprint density at radius 2 is 2.21 bits per heavy atom. The van der Waals surface area contributed by atoms with E-state index in [1.165, 1.54) is 20.6 Å². The first-order valence-electron chi connectivity index (χ1n) is 4.39. The van der Waals surface area contributed by atoms with E-state index in [2.05, 4.69) is 9.97 Å². The Hall–Kier alpha value is -1.43. The first kappa shape index (κ1) is 7.93. The lowest BCUT2D eigenvalue weighted by atomic mass is 10.4. The lowest BCUT2D eigenvalue weighted by Gasteiger charge is -1.93. The second-order valence-corrected chi connectivity index (χ2v) is 4.35. The van der Waals surface area contributed by atoms with Crippen LogP contribution in [0.2, 0.25) is 0 Å². The smallest absolute Gasteiger partial charge is 0.257 e. The van der Waals surface area contributed by atoms with Crippen LogP contribution in [0.15, 0.2) is 9.59 Å². The number of aromatic amines is 1. The highest BCUT2D eigenvalue weighted by Crippen LogP contribution is 2.28. The molecule has 0 amide bonds. The largest absolute Gasteiger partial charge is 0.351 e. The fourth-order valence-electron chi connectivity index (χ4n) is 1.86. The molecule has 0 atom stereocenters. The summed E-state index contributed by atoms with van der Waals surface area (Å²) in [5.74, 6) is 0. The molecule has 1 N–H and O–H groups in total. The Morgan fingerprint density at radius 1 is 1.36 bits per heavy atom. The number of H-pyrrole nitrogens is 1. The maximum absolute atomic E-state index is 11.5. The van der Waals surface area contributed by atoms with Crippen LogP contribution in [0.5, 0.6) is 0 Å². The highest BCUT2D eigenvalue weighted by Gasteiger charge is 2.19. The molecule has 72 valence electrons. The van der Waals surface area contributed by atoms with Crippen molar-refractivity contribution >= 4 is 16.3 Å². The third-order valence-electron chi connectivity index (χ3n) is 2.43. The Morgan fingerprint density at radius 3 is 3.07 bits per heavy atom. The second-order valence-electron chi connectivity index (χ2n) is 3.29. The van der Waals surface area contributed by atoms with Crippen LogP contribution in [-0.4, -0.2) is 14.4 Å². The number of nitrogens with zero attached hydrogens (tertiary/aromatic N) is 2. The van der Waals surface area contributed by atoms with Crippen LogP contribution in [0.1, 0.15) is 17.0 Å². The van der Waals surface area contributed by atoms with E-state index >= 15 is 0 Å². The second kappa shape index (κ2) is 2.54. The first-order valence-corrected chi connectivity index (χ1v) is 5.21. The van der Waals surface area contributed by atoms with Gasteiger partial charge in [-0.25, -0.2) is 14.0 Å². The Kier molecular flexibility index (Phi) is 1.44. The van der Waals surface area contributed by atoms with E-state index in [0.717, 1.165) is 25.0 Å². The van der Waals surface area contributed by atoms with Crippen molar-refractivity contribution in [2.45, 2.75) is 19.3 Å². The molecule has 0 spiro atoms. The van der Waals surface area contributed by atoms with Crippen molar-refractivity contribution in [3.8, 4) is 0 Å². The summed E-state index contributed by atoms with van der Waals surface area (Å²) in [7, 11) is 0. The zero-order chi connectivity index (χ0) is 9.71. The van der Waals surface area contributed by atoms with E-state index in [4.69, 9.17) is 0 Å². The van der Waals surface area contributed by atoms with E-state index < -0.39 is 5.69 Å². The van der Waals surface area contributed by atoms with Crippen LogP contribution < -0.4 is 11.4 Å². The monoisotopic (exact) mass is 209 g/mol. The minimum Gasteiger partial charge on any atom is -0.257 e. The van der Waals surface area contributed by atoms with Gasteiger partial charge in [0.05, 0.1) is 0 Å². The van der Waals surface area contributed by atoms with Gasteiger partial charge in [0.15, 0.2) is 0 Å². The quantitative estimate of drug-likeness (QED) is 0.660. The summed E-state index contributed by atoms with van der Waals surface area (Å²) in [5.41, 5.74) is 0.105. The lowest BCUT2D eigenvalue weighted by Crippen LogP contribution is -2.28. The number of fused-ring (bicyclic) bond motifs is 3. The van der Waals surface area contributed by atoms with Crippen LogP contribution in [0.4, 0.5) is 0 Å². The normalized spacial score (nSPS) is 14.9. The van der Waals surface area contributed by atoms with Gasteiger partial charge < -0.3 is 0 Å². The van der Waals surface area contributed by atoms with Crippen molar-refractivity contribution in [1.82, 2.24) is 14.4 Å². The number of hydrogen-bond donors (Lipinski definition) is 1. The van der Waals surface area contributed by atoms with E-state index in [9.17, 15) is 9.59 Å². The molecule has 0 bridgehead atoms. The Labute approximate surface area is 82.1 Å². The number of thiazole rings is 1. The van der Waals surface area contributed by atoms with E-state index in [0.29, 0.717) is 4.96 Å². The van der Waals surface area contributed by atoms with E-state index in [-0.39, 0.29) is 5.69 Å². The van der Waals surface area contributed by atoms with E-state index in [1.54, 1.807) is 0 Å². The topological polar surface area (TPSA) is 67.2 Å². The number of aromatic nitrogens is 3. The molecule has 1 aliphatic rings. The van der Waals surface area contributed by atoms with Crippen LogP contribution in [-0.2, 0) is 12.8 Å². The average molecular weight is 209 g/mol. The van der Waals surface area contributed by atoms with E-state index in [1.807, 2.05) is 0 Å². The molecule has 0 saturated carbocycles. The third-order valence-corrected chi connectivity index (χ3v) is 3.57. The van der Waals surface area contributed by atoms with Crippen LogP contribution in [0.25, 0.3) is 4.96 Å². The molecule has 0 saturated heterocycles. The maximum Gasteiger partial charge on any atom is 0.351 e. The summed E-state index contributed by atoms with van der Waals surface area (Å²) in [6.45, 7) is 0. The minimum atomic E-state index is -0.560. The van der Waals surface area contributed by atoms with Crippen molar-refractivity contribution in [1.29, 1.82) is 0 Å². The zero-order valence-corrected chi connectivity index (χ0v) is 8.06. The molecule has 3 rings (SSSR count). The van der Waals surface area contributed by atoms with Crippen molar-refractivity contribution in [2.75, 3.05) is 0 Å². The van der Waals surface area contributed by atoms with Crippen molar-refractivity contribution in [3.63, 3.8) is 0 Å². The van der Waals surface area contributed by atoms with Gasteiger partial charge in [0.2, 0.25) is 4.96 Å². The SMILES string of the molecule is O=c1nc2sc3c(n2c(=O)[nH]1)CCC3. The summed E-state index contributed by atoms with van der Waals surface area (Å²) in [4.78, 5) is 30.1. The van der Waals surface area contributed by atoms with Gasteiger partial charge in [-0.15, -0.1) is 11.3 Å². The van der Waals surface area contributed by atoms with Crippen LogP contribution in [0, 0.1) is 0 Å². The van der Waals surface area contributed by atoms with Crippen molar-refractivity contribution in [3.05, 3.63) is 31.5 Å². The molecule has 2 aromatic rings. The molecule has 0 aliphatic heterocycles. The minimum absolute atomic E-state index is 0.362. The van der Waals surface area contributed by atoms with Gasteiger partial charge in [-0.05, 0) is 19.3 Å². The predicted octanol–water partition coefficient (Wildman–Crippen LogP) is -0.0670. The summed E-state index contributed by atoms with van der Waals surface area (Å²) in [6.07, 6.45) is 2.99. The number of rotatable bonds is 0. The molecular formula is C8H7N3O2S. The highest BCUT2D eigenvalue weighted by atomic mass is 32.1. The molecule has 6 heteroatoms. The number of nitrogens with one attached hydrogen (secondary N) is 1. The number of aryl methyl sites for hydroxylation is 2. The summed E-state index contributed by atoms with van der Waals surface area (Å²) in [5, 5.41) is 0. The molecule has 0 radical (unpaired) electrons. The molecule has 0 fully saturated rings. The van der Waals surface area contributed by atoms with Gasteiger partial charge in [-0.2, -0.15) is 4.98 Å². The fourth-order valence-corrected chi connectivity index (χ4v) is 3.05. The Bertz CT molecular complexity index is 622. The van der Waals surface area contributed by atoms with Gasteiger partial charge >= 0.3 is 11.4 Å². The van der Waals surface area contributed by atoms with Gasteiger partial charge in [0.25, 0.3) is 0 Å². The molecule has 2 heterocycles. The van der Waals surface area contributed by atoms with Crippen LogP contribution >= 0.6 is 11.3 Å². The summed E-state index contributed by atoms with van der Waals surface area (Å²) >= 11 is 1.45. The van der Waals surface area contributed by atoms with Crippen molar-refractivity contribution < 1.29 is 0 Å². The maximum atomic E-state index is 11.5. The molecule has 0 unspecified atom stereocenters. The average Bonchev–Trinajstić information content (AvgIpc) is 2.60. The van der Waals surface area contributed by atoms with Gasteiger partial charge in [-0.1, -0.05) is 0 Å². The van der Waals surface area contributed by atoms with Gasteiger partial charge in [0.1, 0.15) is 0 Å². The summed E-state index contributed by atoms with van der Waals surface area (Å²) < 4.78 is 1.52. The van der Waals surface area contributed by atoms with Crippen LogP contribution in [0.3, 0.4) is 0 Å². The molecule has 1 aliphatic carbocycles. The molecule has 2 aromatic heterocycles. The lowest BCUT2D eigenvalue weighted by molar-refractivity contribution is 0.841. The molecule has 14 heavy (non-hydrogen) atoms. The molecule has 0 aromatic carbocycles. The van der Waals surface area contributed by atoms with Crippen molar-refractivity contribution in [2.24, 2.45) is 0 Å².